The summed E-state index contributed by atoms with van der Waals surface area (Å²) in [4.78, 5) is 11.5. The second-order valence-electron chi connectivity index (χ2n) is 4.32. The van der Waals surface area contributed by atoms with Crippen LogP contribution in [0.5, 0.6) is 11.5 Å². The highest BCUT2D eigenvalue weighted by Crippen LogP contribution is 2.29. The van der Waals surface area contributed by atoms with Gasteiger partial charge in [0.05, 0.1) is 5.69 Å². The summed E-state index contributed by atoms with van der Waals surface area (Å²) in [5, 5.41) is 2.83. The third-order valence-electron chi connectivity index (χ3n) is 2.70. The zero-order chi connectivity index (χ0) is 13.7. The van der Waals surface area contributed by atoms with E-state index in [1.165, 1.54) is 0 Å². The monoisotopic (exact) mass is 255 g/mol. The minimum absolute atomic E-state index is 0.0275. The van der Waals surface area contributed by atoms with Gasteiger partial charge < -0.3 is 10.1 Å². The number of para-hydroxylation sites is 2. The molecule has 0 radical (unpaired) electrons. The van der Waals surface area contributed by atoms with E-state index in [9.17, 15) is 4.79 Å². The van der Waals surface area contributed by atoms with E-state index >= 15 is 0 Å². The van der Waals surface area contributed by atoms with Gasteiger partial charge in [-0.2, -0.15) is 0 Å². The van der Waals surface area contributed by atoms with Gasteiger partial charge in [-0.1, -0.05) is 31.2 Å². The van der Waals surface area contributed by atoms with Gasteiger partial charge in [0.2, 0.25) is 5.91 Å². The Kier molecular flexibility index (Phi) is 4.18. The highest BCUT2D eigenvalue weighted by Gasteiger charge is 2.06. The summed E-state index contributed by atoms with van der Waals surface area (Å²) in [6, 6.07) is 15.2. The maximum Gasteiger partial charge on any atom is 0.224 e. The fraction of sp³-hybridized carbons (Fsp3) is 0.188. The van der Waals surface area contributed by atoms with Crippen LogP contribution in [0.2, 0.25) is 0 Å². The van der Waals surface area contributed by atoms with Crippen molar-refractivity contribution in [3.05, 3.63) is 54.1 Å². The molecule has 0 aliphatic carbocycles. The van der Waals surface area contributed by atoms with E-state index < -0.39 is 0 Å². The van der Waals surface area contributed by atoms with Crippen molar-refractivity contribution >= 4 is 11.6 Å². The van der Waals surface area contributed by atoms with Crippen LogP contribution in [0.1, 0.15) is 18.9 Å². The van der Waals surface area contributed by atoms with Crippen molar-refractivity contribution in [2.45, 2.75) is 20.3 Å². The summed E-state index contributed by atoms with van der Waals surface area (Å²) in [5.74, 6) is 1.38. The van der Waals surface area contributed by atoms with E-state index in [1.807, 2.05) is 62.4 Å². The lowest BCUT2D eigenvalue weighted by Crippen LogP contribution is -2.10. The minimum Gasteiger partial charge on any atom is -0.455 e. The Labute approximate surface area is 113 Å². The van der Waals surface area contributed by atoms with Crippen LogP contribution < -0.4 is 10.1 Å². The molecule has 3 heteroatoms. The van der Waals surface area contributed by atoms with Gasteiger partial charge in [-0.15, -0.1) is 0 Å². The Morgan fingerprint density at radius 1 is 1.16 bits per heavy atom. The van der Waals surface area contributed by atoms with Crippen LogP contribution in [0.25, 0.3) is 0 Å². The maximum absolute atomic E-state index is 11.5. The molecule has 2 rings (SSSR count). The fourth-order valence-electron chi connectivity index (χ4n) is 1.70. The molecule has 19 heavy (non-hydrogen) atoms. The molecule has 1 N–H and O–H groups in total. The molecule has 0 unspecified atom stereocenters. The molecular formula is C16H17NO2. The average Bonchev–Trinajstić information content (AvgIpc) is 2.41. The Bertz CT molecular complexity index is 578. The first-order chi connectivity index (χ1) is 9.19. The molecule has 0 saturated carbocycles. The molecule has 0 atom stereocenters. The summed E-state index contributed by atoms with van der Waals surface area (Å²) in [6.45, 7) is 3.83. The molecule has 1 amide bonds. The van der Waals surface area contributed by atoms with Gasteiger partial charge in [-0.25, -0.2) is 0 Å². The summed E-state index contributed by atoms with van der Waals surface area (Å²) < 4.78 is 5.82. The molecule has 0 fully saturated rings. The smallest absolute Gasteiger partial charge is 0.224 e. The number of carbonyl (C=O) groups is 1. The molecule has 98 valence electrons. The van der Waals surface area contributed by atoms with Crippen LogP contribution in [0.3, 0.4) is 0 Å². The van der Waals surface area contributed by atoms with Crippen molar-refractivity contribution in [3.63, 3.8) is 0 Å². The number of ether oxygens (including phenoxy) is 1. The van der Waals surface area contributed by atoms with E-state index in [4.69, 9.17) is 4.74 Å². The molecule has 0 saturated heterocycles. The van der Waals surface area contributed by atoms with Crippen molar-refractivity contribution in [1.82, 2.24) is 0 Å². The van der Waals surface area contributed by atoms with Gasteiger partial charge in [-0.05, 0) is 36.8 Å². The molecule has 0 aliphatic heterocycles. The zero-order valence-corrected chi connectivity index (χ0v) is 11.1. The minimum atomic E-state index is -0.0275. The quantitative estimate of drug-likeness (QED) is 0.891. The van der Waals surface area contributed by atoms with Crippen molar-refractivity contribution in [2.24, 2.45) is 0 Å². The summed E-state index contributed by atoms with van der Waals surface area (Å²) in [5.41, 5.74) is 1.82. The number of carbonyl (C=O) groups excluding carboxylic acids is 1. The summed E-state index contributed by atoms with van der Waals surface area (Å²) in [7, 11) is 0. The Hall–Kier alpha value is -2.29. The van der Waals surface area contributed by atoms with Gasteiger partial charge in [0.1, 0.15) is 5.75 Å². The Balaban J connectivity index is 2.22. The molecule has 2 aromatic carbocycles. The number of hydrogen-bond acceptors (Lipinski definition) is 2. The lowest BCUT2D eigenvalue weighted by molar-refractivity contribution is -0.115. The van der Waals surface area contributed by atoms with Gasteiger partial charge in [0.15, 0.2) is 5.75 Å². The lowest BCUT2D eigenvalue weighted by atomic mass is 10.2. The number of aryl methyl sites for hydroxylation is 1. The third-order valence-corrected chi connectivity index (χ3v) is 2.70. The van der Waals surface area contributed by atoms with E-state index in [0.29, 0.717) is 17.9 Å². The lowest BCUT2D eigenvalue weighted by Gasteiger charge is -2.12. The highest BCUT2D eigenvalue weighted by atomic mass is 16.5. The van der Waals surface area contributed by atoms with E-state index in [2.05, 4.69) is 5.32 Å². The summed E-state index contributed by atoms with van der Waals surface area (Å²) >= 11 is 0. The van der Waals surface area contributed by atoms with E-state index in [0.717, 1.165) is 11.3 Å². The second-order valence-corrected chi connectivity index (χ2v) is 4.32. The topological polar surface area (TPSA) is 38.3 Å². The highest BCUT2D eigenvalue weighted by molar-refractivity contribution is 5.92. The Morgan fingerprint density at radius 2 is 1.95 bits per heavy atom. The van der Waals surface area contributed by atoms with Crippen molar-refractivity contribution in [2.75, 3.05) is 5.32 Å². The standard InChI is InChI=1S/C16H17NO2/c1-3-16(18)17-14-9-4-5-10-15(14)19-13-8-6-7-12(2)11-13/h4-11H,3H2,1-2H3,(H,17,18). The first-order valence-electron chi connectivity index (χ1n) is 6.32. The maximum atomic E-state index is 11.5. The molecule has 0 heterocycles. The number of nitrogens with one attached hydrogen (secondary N) is 1. The van der Waals surface area contributed by atoms with Gasteiger partial charge in [-0.3, -0.25) is 4.79 Å². The van der Waals surface area contributed by atoms with Crippen molar-refractivity contribution in [3.8, 4) is 11.5 Å². The van der Waals surface area contributed by atoms with Crippen LogP contribution in [-0.2, 0) is 4.79 Å². The van der Waals surface area contributed by atoms with Crippen LogP contribution >= 0.6 is 0 Å². The van der Waals surface area contributed by atoms with Gasteiger partial charge >= 0.3 is 0 Å². The van der Waals surface area contributed by atoms with Crippen LogP contribution in [0.15, 0.2) is 48.5 Å². The molecular weight excluding hydrogens is 238 g/mol. The number of anilines is 1. The molecule has 2 aromatic rings. The number of rotatable bonds is 4. The molecule has 0 spiro atoms. The van der Waals surface area contributed by atoms with Crippen LogP contribution in [0.4, 0.5) is 5.69 Å². The first kappa shape index (κ1) is 13.1. The second kappa shape index (κ2) is 6.05. The first-order valence-corrected chi connectivity index (χ1v) is 6.32. The third kappa shape index (κ3) is 3.58. The average molecular weight is 255 g/mol. The predicted octanol–water partition coefficient (Wildman–Crippen LogP) is 4.14. The van der Waals surface area contributed by atoms with Crippen LogP contribution in [-0.4, -0.2) is 5.91 Å². The van der Waals surface area contributed by atoms with E-state index in [1.54, 1.807) is 0 Å². The molecule has 0 aliphatic rings. The van der Waals surface area contributed by atoms with Gasteiger partial charge in [0, 0.05) is 6.42 Å². The van der Waals surface area contributed by atoms with Gasteiger partial charge in [0.25, 0.3) is 0 Å². The molecule has 3 nitrogen and oxygen atoms in total. The SMILES string of the molecule is CCC(=O)Nc1ccccc1Oc1cccc(C)c1. The van der Waals surface area contributed by atoms with E-state index in [-0.39, 0.29) is 5.91 Å². The van der Waals surface area contributed by atoms with Crippen LogP contribution in [0, 0.1) is 6.92 Å². The zero-order valence-electron chi connectivity index (χ0n) is 11.1. The fourth-order valence-corrected chi connectivity index (χ4v) is 1.70. The molecule has 0 bridgehead atoms. The van der Waals surface area contributed by atoms with Crippen molar-refractivity contribution in [1.29, 1.82) is 0 Å². The predicted molar refractivity (Wildman–Crippen MR) is 76.6 cm³/mol. The normalized spacial score (nSPS) is 10.0. The van der Waals surface area contributed by atoms with Crippen molar-refractivity contribution < 1.29 is 9.53 Å². The number of amides is 1. The number of hydrogen-bond donors (Lipinski definition) is 1. The molecule has 0 aromatic heterocycles. The number of benzene rings is 2. The largest absolute Gasteiger partial charge is 0.455 e. The Morgan fingerprint density at radius 3 is 2.68 bits per heavy atom. The summed E-state index contributed by atoms with van der Waals surface area (Å²) in [6.07, 6.45) is 0.443.